The first kappa shape index (κ1) is 14.1. The van der Waals surface area contributed by atoms with E-state index in [1.54, 1.807) is 0 Å². The van der Waals surface area contributed by atoms with Crippen molar-refractivity contribution in [1.82, 2.24) is 14.7 Å². The van der Waals surface area contributed by atoms with Crippen LogP contribution in [-0.4, -0.2) is 38.8 Å². The summed E-state index contributed by atoms with van der Waals surface area (Å²) in [5, 5.41) is 13.7. The van der Waals surface area contributed by atoms with Crippen LogP contribution in [0, 0.1) is 5.41 Å². The van der Waals surface area contributed by atoms with Crippen LogP contribution in [0.1, 0.15) is 38.1 Å². The van der Waals surface area contributed by atoms with Crippen molar-refractivity contribution in [2.24, 2.45) is 12.5 Å². The summed E-state index contributed by atoms with van der Waals surface area (Å²) < 4.78 is 1.93. The van der Waals surface area contributed by atoms with E-state index in [1.165, 1.54) is 5.69 Å². The molecule has 0 bridgehead atoms. The second-order valence-corrected chi connectivity index (χ2v) is 5.75. The lowest BCUT2D eigenvalue weighted by Crippen LogP contribution is -2.42. The van der Waals surface area contributed by atoms with Crippen LogP contribution in [0.3, 0.4) is 0 Å². The Balaban J connectivity index is 1.95. The zero-order valence-electron chi connectivity index (χ0n) is 12.0. The minimum atomic E-state index is -0.666. The fourth-order valence-electron chi connectivity index (χ4n) is 2.54. The molecule has 0 unspecified atom stereocenters. The van der Waals surface area contributed by atoms with Crippen LogP contribution < -0.4 is 0 Å². The predicted molar refractivity (Wildman–Crippen MR) is 72.8 cm³/mol. The Labute approximate surface area is 114 Å². The highest BCUT2D eigenvalue weighted by atomic mass is 16.4. The average molecular weight is 265 g/mol. The summed E-state index contributed by atoms with van der Waals surface area (Å²) in [5.41, 5.74) is 1.78. The van der Waals surface area contributed by atoms with Crippen LogP contribution in [0.2, 0.25) is 0 Å². The number of aliphatic carboxylic acids is 1. The Morgan fingerprint density at radius 3 is 2.58 bits per heavy atom. The van der Waals surface area contributed by atoms with Crippen LogP contribution in [0.25, 0.3) is 0 Å². The number of aryl methyl sites for hydroxylation is 2. The van der Waals surface area contributed by atoms with Gasteiger partial charge in [0.2, 0.25) is 0 Å². The third kappa shape index (κ3) is 2.97. The first-order valence-corrected chi connectivity index (χ1v) is 6.92. The van der Waals surface area contributed by atoms with Crippen LogP contribution in [0.5, 0.6) is 0 Å². The van der Waals surface area contributed by atoms with E-state index >= 15 is 0 Å². The summed E-state index contributed by atoms with van der Waals surface area (Å²) in [4.78, 5) is 13.5. The maximum Gasteiger partial charge on any atom is 0.309 e. The van der Waals surface area contributed by atoms with Crippen LogP contribution in [0.4, 0.5) is 0 Å². The van der Waals surface area contributed by atoms with Crippen molar-refractivity contribution in [3.05, 3.63) is 17.5 Å². The molecule has 0 spiro atoms. The molecule has 1 N–H and O–H groups in total. The third-order valence-electron chi connectivity index (χ3n) is 4.25. The van der Waals surface area contributed by atoms with Gasteiger partial charge in [-0.3, -0.25) is 14.4 Å². The first-order valence-electron chi connectivity index (χ1n) is 6.92. The van der Waals surface area contributed by atoms with Crippen molar-refractivity contribution in [1.29, 1.82) is 0 Å². The van der Waals surface area contributed by atoms with Gasteiger partial charge in [0.15, 0.2) is 0 Å². The Morgan fingerprint density at radius 2 is 2.11 bits per heavy atom. The minimum absolute atomic E-state index is 0.544. The predicted octanol–water partition coefficient (Wildman–Crippen LogP) is 1.67. The summed E-state index contributed by atoms with van der Waals surface area (Å²) >= 11 is 0. The van der Waals surface area contributed by atoms with Crippen molar-refractivity contribution in [2.45, 2.75) is 39.7 Å². The maximum atomic E-state index is 11.2. The quantitative estimate of drug-likeness (QED) is 0.899. The number of carboxylic acids is 1. The van der Waals surface area contributed by atoms with Crippen LogP contribution in [-0.2, 0) is 24.8 Å². The highest BCUT2D eigenvalue weighted by Crippen LogP contribution is 2.31. The van der Waals surface area contributed by atoms with Gasteiger partial charge < -0.3 is 5.11 Å². The molecule has 2 rings (SSSR count). The number of hydrogen-bond donors (Lipinski definition) is 1. The number of carbonyl (C=O) groups is 1. The number of likely N-dealkylation sites (tertiary alicyclic amines) is 1. The molecule has 1 aromatic heterocycles. The smallest absolute Gasteiger partial charge is 0.309 e. The lowest BCUT2D eigenvalue weighted by molar-refractivity contribution is -0.150. The van der Waals surface area contributed by atoms with E-state index in [1.807, 2.05) is 18.7 Å². The normalized spacial score (nSPS) is 19.5. The van der Waals surface area contributed by atoms with Gasteiger partial charge >= 0.3 is 5.97 Å². The summed E-state index contributed by atoms with van der Waals surface area (Å²) in [6.45, 7) is 6.50. The number of hydrogen-bond acceptors (Lipinski definition) is 3. The Kier molecular flexibility index (Phi) is 3.94. The molecule has 5 heteroatoms. The van der Waals surface area contributed by atoms with Gasteiger partial charge in [-0.2, -0.15) is 5.10 Å². The molecule has 1 aliphatic rings. The van der Waals surface area contributed by atoms with E-state index in [0.29, 0.717) is 0 Å². The summed E-state index contributed by atoms with van der Waals surface area (Å²) in [5.74, 6) is -0.666. The molecule has 0 aromatic carbocycles. The van der Waals surface area contributed by atoms with Gasteiger partial charge in [0.25, 0.3) is 0 Å². The Morgan fingerprint density at radius 1 is 1.47 bits per heavy atom. The number of rotatable bonds is 4. The Hall–Kier alpha value is -1.36. The number of carboxylic acid groups (broad SMARTS) is 1. The molecule has 1 aliphatic heterocycles. The second-order valence-electron chi connectivity index (χ2n) is 5.75. The maximum absolute atomic E-state index is 11.2. The van der Waals surface area contributed by atoms with E-state index in [4.69, 9.17) is 0 Å². The highest BCUT2D eigenvalue weighted by Gasteiger charge is 2.36. The molecule has 106 valence electrons. The molecule has 1 saturated heterocycles. The Bertz CT molecular complexity index is 459. The van der Waals surface area contributed by atoms with E-state index in [9.17, 15) is 9.90 Å². The SMILES string of the molecule is CCc1cc(CN2CCC(C)(C(=O)O)CC2)n(C)n1. The van der Waals surface area contributed by atoms with Gasteiger partial charge in [-0.15, -0.1) is 0 Å². The summed E-state index contributed by atoms with van der Waals surface area (Å²) in [6.07, 6.45) is 2.40. The fraction of sp³-hybridized carbons (Fsp3) is 0.714. The largest absolute Gasteiger partial charge is 0.481 e. The van der Waals surface area contributed by atoms with Crippen molar-refractivity contribution < 1.29 is 9.90 Å². The number of aromatic nitrogens is 2. The van der Waals surface area contributed by atoms with Crippen molar-refractivity contribution >= 4 is 5.97 Å². The van der Waals surface area contributed by atoms with Gasteiger partial charge in [-0.1, -0.05) is 6.92 Å². The van der Waals surface area contributed by atoms with E-state index in [0.717, 1.165) is 44.6 Å². The zero-order chi connectivity index (χ0) is 14.0. The van der Waals surface area contributed by atoms with Gasteiger partial charge in [-0.25, -0.2) is 0 Å². The molecular formula is C14H23N3O2. The molecule has 0 amide bonds. The zero-order valence-corrected chi connectivity index (χ0v) is 12.0. The van der Waals surface area contributed by atoms with Crippen molar-refractivity contribution in [2.75, 3.05) is 13.1 Å². The standard InChI is InChI=1S/C14H23N3O2/c1-4-11-9-12(16(3)15-11)10-17-7-5-14(2,6-8-17)13(18)19/h9H,4-8,10H2,1-3H3,(H,18,19). The molecule has 0 saturated carbocycles. The second kappa shape index (κ2) is 5.33. The molecule has 1 aromatic rings. The summed E-state index contributed by atoms with van der Waals surface area (Å²) in [6, 6.07) is 2.14. The molecule has 0 radical (unpaired) electrons. The number of piperidine rings is 1. The molecule has 0 atom stereocenters. The van der Waals surface area contributed by atoms with E-state index in [-0.39, 0.29) is 0 Å². The molecule has 2 heterocycles. The summed E-state index contributed by atoms with van der Waals surface area (Å²) in [7, 11) is 1.97. The molecule has 0 aliphatic carbocycles. The monoisotopic (exact) mass is 265 g/mol. The minimum Gasteiger partial charge on any atom is -0.481 e. The van der Waals surface area contributed by atoms with Crippen molar-refractivity contribution in [3.63, 3.8) is 0 Å². The topological polar surface area (TPSA) is 58.4 Å². The van der Waals surface area contributed by atoms with Gasteiger partial charge in [0.1, 0.15) is 0 Å². The van der Waals surface area contributed by atoms with Crippen LogP contribution in [0.15, 0.2) is 6.07 Å². The van der Waals surface area contributed by atoms with Crippen LogP contribution >= 0.6 is 0 Å². The van der Waals surface area contributed by atoms with Gasteiger partial charge in [0.05, 0.1) is 16.8 Å². The average Bonchev–Trinajstić information content (AvgIpc) is 2.73. The van der Waals surface area contributed by atoms with Gasteiger partial charge in [0, 0.05) is 13.6 Å². The highest BCUT2D eigenvalue weighted by molar-refractivity contribution is 5.74. The number of nitrogens with zero attached hydrogens (tertiary/aromatic N) is 3. The molecule has 1 fully saturated rings. The lowest BCUT2D eigenvalue weighted by Gasteiger charge is -2.36. The molecular weight excluding hydrogens is 242 g/mol. The lowest BCUT2D eigenvalue weighted by atomic mass is 9.80. The first-order chi connectivity index (χ1) is 8.94. The molecule has 5 nitrogen and oxygen atoms in total. The van der Waals surface area contributed by atoms with Gasteiger partial charge in [-0.05, 0) is 45.3 Å². The third-order valence-corrected chi connectivity index (χ3v) is 4.25. The van der Waals surface area contributed by atoms with Crippen molar-refractivity contribution in [3.8, 4) is 0 Å². The fourth-order valence-corrected chi connectivity index (χ4v) is 2.54. The van der Waals surface area contributed by atoms with E-state index < -0.39 is 11.4 Å². The molecule has 19 heavy (non-hydrogen) atoms. The van der Waals surface area contributed by atoms with E-state index in [2.05, 4.69) is 23.0 Å².